The highest BCUT2D eigenvalue weighted by molar-refractivity contribution is 9.10. The molecule has 0 atom stereocenters. The molecule has 0 saturated heterocycles. The van der Waals surface area contributed by atoms with Crippen LogP contribution in [0.1, 0.15) is 10.4 Å². The van der Waals surface area contributed by atoms with Gasteiger partial charge in [0.1, 0.15) is 12.4 Å². The predicted octanol–water partition coefficient (Wildman–Crippen LogP) is 4.69. The number of hydrogen-bond donors (Lipinski definition) is 1. The molecule has 1 aromatic carbocycles. The zero-order valence-electron chi connectivity index (χ0n) is 9.50. The van der Waals surface area contributed by atoms with Crippen LogP contribution in [-0.4, -0.2) is 0 Å². The third-order valence-corrected chi connectivity index (χ3v) is 3.97. The standard InChI is InChI=1S/C12H9BrF3NOS/c13-7-3-9(19-6-7)5-18-11-2-1-8(17)4-10(11)12(14,15)16/h1-4,6H,5,17H2. The summed E-state index contributed by atoms with van der Waals surface area (Å²) < 4.78 is 44.6. The van der Waals surface area contributed by atoms with E-state index in [4.69, 9.17) is 10.5 Å². The number of halogens is 4. The minimum Gasteiger partial charge on any atom is -0.487 e. The molecule has 1 heterocycles. The lowest BCUT2D eigenvalue weighted by Crippen LogP contribution is -2.09. The maximum atomic E-state index is 12.8. The Bertz CT molecular complexity index is 583. The number of rotatable bonds is 3. The van der Waals surface area contributed by atoms with Crippen LogP contribution < -0.4 is 10.5 Å². The first-order valence-corrected chi connectivity index (χ1v) is 6.86. The Morgan fingerprint density at radius 3 is 2.58 bits per heavy atom. The van der Waals surface area contributed by atoms with E-state index in [1.54, 1.807) is 6.07 Å². The van der Waals surface area contributed by atoms with Gasteiger partial charge in [-0.3, -0.25) is 0 Å². The van der Waals surface area contributed by atoms with Gasteiger partial charge in [-0.25, -0.2) is 0 Å². The summed E-state index contributed by atoms with van der Waals surface area (Å²) in [5, 5.41) is 1.84. The van der Waals surface area contributed by atoms with Crippen LogP contribution in [0.15, 0.2) is 34.1 Å². The van der Waals surface area contributed by atoms with Crippen LogP contribution in [0, 0.1) is 0 Å². The highest BCUT2D eigenvalue weighted by Crippen LogP contribution is 2.37. The monoisotopic (exact) mass is 351 g/mol. The minimum atomic E-state index is -4.49. The lowest BCUT2D eigenvalue weighted by Gasteiger charge is -2.14. The van der Waals surface area contributed by atoms with Gasteiger partial charge in [0.2, 0.25) is 0 Å². The van der Waals surface area contributed by atoms with Crippen molar-refractivity contribution in [2.24, 2.45) is 0 Å². The second-order valence-corrected chi connectivity index (χ2v) is 5.68. The number of thiophene rings is 1. The average Bonchev–Trinajstić information content (AvgIpc) is 2.72. The van der Waals surface area contributed by atoms with Crippen molar-refractivity contribution in [1.29, 1.82) is 0 Å². The molecule has 19 heavy (non-hydrogen) atoms. The summed E-state index contributed by atoms with van der Waals surface area (Å²) in [6, 6.07) is 5.30. The number of nitrogen functional groups attached to an aromatic ring is 1. The number of anilines is 1. The zero-order chi connectivity index (χ0) is 14.0. The average molecular weight is 352 g/mol. The molecule has 0 aliphatic heterocycles. The van der Waals surface area contributed by atoms with Gasteiger partial charge in [0, 0.05) is 20.4 Å². The molecule has 0 aliphatic rings. The van der Waals surface area contributed by atoms with Crippen molar-refractivity contribution < 1.29 is 17.9 Å². The molecule has 2 aromatic rings. The minimum absolute atomic E-state index is 0.0542. The lowest BCUT2D eigenvalue weighted by molar-refractivity contribution is -0.139. The van der Waals surface area contributed by atoms with Gasteiger partial charge in [0.15, 0.2) is 0 Å². The van der Waals surface area contributed by atoms with E-state index in [9.17, 15) is 13.2 Å². The Kier molecular flexibility index (Phi) is 4.05. The number of hydrogen-bond acceptors (Lipinski definition) is 3. The predicted molar refractivity (Wildman–Crippen MR) is 72.2 cm³/mol. The first-order valence-electron chi connectivity index (χ1n) is 5.18. The SMILES string of the molecule is Nc1ccc(OCc2cc(Br)cs2)c(C(F)(F)F)c1. The van der Waals surface area contributed by atoms with Crippen molar-refractivity contribution in [3.05, 3.63) is 44.6 Å². The van der Waals surface area contributed by atoms with Crippen LogP contribution in [-0.2, 0) is 12.8 Å². The van der Waals surface area contributed by atoms with Gasteiger partial charge in [-0.1, -0.05) is 0 Å². The number of alkyl halides is 3. The van der Waals surface area contributed by atoms with Gasteiger partial charge >= 0.3 is 6.18 Å². The second kappa shape index (κ2) is 5.42. The summed E-state index contributed by atoms with van der Waals surface area (Å²) in [5.41, 5.74) is 4.57. The topological polar surface area (TPSA) is 35.2 Å². The van der Waals surface area contributed by atoms with E-state index in [0.29, 0.717) is 0 Å². The summed E-state index contributed by atoms with van der Waals surface area (Å²) in [6.45, 7) is 0.0866. The first kappa shape index (κ1) is 14.2. The van der Waals surface area contributed by atoms with Crippen molar-refractivity contribution in [3.8, 4) is 5.75 Å². The van der Waals surface area contributed by atoms with Gasteiger partial charge in [-0.05, 0) is 40.2 Å². The van der Waals surface area contributed by atoms with E-state index in [2.05, 4.69) is 15.9 Å². The van der Waals surface area contributed by atoms with Crippen LogP contribution in [0.4, 0.5) is 18.9 Å². The van der Waals surface area contributed by atoms with Crippen LogP contribution in [0.3, 0.4) is 0 Å². The highest BCUT2D eigenvalue weighted by atomic mass is 79.9. The van der Waals surface area contributed by atoms with Gasteiger partial charge in [-0.15, -0.1) is 11.3 Å². The van der Waals surface area contributed by atoms with E-state index in [1.807, 2.05) is 5.38 Å². The third-order valence-electron chi connectivity index (χ3n) is 2.30. The van der Waals surface area contributed by atoms with Crippen molar-refractivity contribution in [1.82, 2.24) is 0 Å². The molecule has 1 aromatic heterocycles. The highest BCUT2D eigenvalue weighted by Gasteiger charge is 2.34. The molecule has 0 saturated carbocycles. The number of ether oxygens (including phenoxy) is 1. The Labute approximate surface area is 120 Å². The fourth-order valence-electron chi connectivity index (χ4n) is 1.47. The smallest absolute Gasteiger partial charge is 0.420 e. The molecule has 0 amide bonds. The van der Waals surface area contributed by atoms with E-state index < -0.39 is 11.7 Å². The van der Waals surface area contributed by atoms with Crippen molar-refractivity contribution in [2.45, 2.75) is 12.8 Å². The summed E-state index contributed by atoms with van der Waals surface area (Å²) in [5.74, 6) is -0.216. The molecule has 0 radical (unpaired) electrons. The largest absolute Gasteiger partial charge is 0.487 e. The van der Waals surface area contributed by atoms with E-state index >= 15 is 0 Å². The first-order chi connectivity index (χ1) is 8.86. The fourth-order valence-corrected chi connectivity index (χ4v) is 2.84. The maximum Gasteiger partial charge on any atom is 0.420 e. The molecule has 7 heteroatoms. The van der Waals surface area contributed by atoms with Crippen LogP contribution in [0.25, 0.3) is 0 Å². The van der Waals surface area contributed by atoms with E-state index in [1.165, 1.54) is 23.5 Å². The Morgan fingerprint density at radius 2 is 2.00 bits per heavy atom. The molecule has 2 nitrogen and oxygen atoms in total. The molecule has 0 aliphatic carbocycles. The van der Waals surface area contributed by atoms with Gasteiger partial charge in [-0.2, -0.15) is 13.2 Å². The Morgan fingerprint density at radius 1 is 1.26 bits per heavy atom. The molecule has 0 bridgehead atoms. The fraction of sp³-hybridized carbons (Fsp3) is 0.167. The van der Waals surface area contributed by atoms with E-state index in [-0.39, 0.29) is 18.0 Å². The molecule has 2 rings (SSSR count). The molecular formula is C12H9BrF3NOS. The van der Waals surface area contributed by atoms with Crippen molar-refractivity contribution in [2.75, 3.05) is 5.73 Å². The number of benzene rings is 1. The summed E-state index contributed by atoms with van der Waals surface area (Å²) in [4.78, 5) is 0.830. The van der Waals surface area contributed by atoms with Crippen molar-refractivity contribution in [3.63, 3.8) is 0 Å². The normalized spacial score (nSPS) is 11.6. The zero-order valence-corrected chi connectivity index (χ0v) is 11.9. The molecule has 0 fully saturated rings. The molecule has 0 unspecified atom stereocenters. The summed E-state index contributed by atoms with van der Waals surface area (Å²) in [6.07, 6.45) is -4.49. The van der Waals surface area contributed by atoms with Gasteiger partial charge in [0.25, 0.3) is 0 Å². The molecule has 0 spiro atoms. The second-order valence-electron chi connectivity index (χ2n) is 3.77. The summed E-state index contributed by atoms with van der Waals surface area (Å²) >= 11 is 4.68. The molecular weight excluding hydrogens is 343 g/mol. The van der Waals surface area contributed by atoms with Crippen LogP contribution in [0.2, 0.25) is 0 Å². The number of nitrogens with two attached hydrogens (primary N) is 1. The van der Waals surface area contributed by atoms with Crippen molar-refractivity contribution >= 4 is 33.0 Å². The quantitative estimate of drug-likeness (QED) is 0.814. The molecule has 2 N–H and O–H groups in total. The van der Waals surface area contributed by atoms with E-state index in [0.717, 1.165) is 15.4 Å². The van der Waals surface area contributed by atoms with Gasteiger partial charge in [0.05, 0.1) is 5.56 Å². The van der Waals surface area contributed by atoms with Crippen LogP contribution in [0.5, 0.6) is 5.75 Å². The Balaban J connectivity index is 2.20. The summed E-state index contributed by atoms with van der Waals surface area (Å²) in [7, 11) is 0. The molecule has 102 valence electrons. The van der Waals surface area contributed by atoms with Crippen LogP contribution >= 0.6 is 27.3 Å². The Hall–Kier alpha value is -1.21. The third kappa shape index (κ3) is 3.63. The van der Waals surface area contributed by atoms with Gasteiger partial charge < -0.3 is 10.5 Å². The lowest BCUT2D eigenvalue weighted by atomic mass is 10.1. The maximum absolute atomic E-state index is 12.8.